The van der Waals surface area contributed by atoms with Gasteiger partial charge in [-0.2, -0.15) is 0 Å². The van der Waals surface area contributed by atoms with Gasteiger partial charge in [0.05, 0.1) is 16.9 Å². The number of aliphatic imine (C=N–C) groups is 1. The predicted molar refractivity (Wildman–Crippen MR) is 101 cm³/mol. The van der Waals surface area contributed by atoms with E-state index < -0.39 is 0 Å². The van der Waals surface area contributed by atoms with E-state index in [1.165, 1.54) is 4.88 Å². The second kappa shape index (κ2) is 9.70. The van der Waals surface area contributed by atoms with Crippen molar-refractivity contribution in [3.8, 4) is 0 Å². The molecule has 4 nitrogen and oxygen atoms in total. The molecule has 6 heteroatoms. The third-order valence-electron chi connectivity index (χ3n) is 3.37. The molecule has 124 valence electrons. The molecule has 2 rings (SSSR count). The van der Waals surface area contributed by atoms with Crippen molar-refractivity contribution in [1.82, 2.24) is 10.6 Å². The van der Waals surface area contributed by atoms with E-state index in [1.54, 1.807) is 11.3 Å². The number of aliphatic hydroxyl groups excluding tert-OH is 1. The normalized spacial score (nSPS) is 12.9. The highest BCUT2D eigenvalue weighted by Crippen LogP contribution is 2.22. The Balaban J connectivity index is 1.95. The summed E-state index contributed by atoms with van der Waals surface area (Å²) in [5.74, 6) is 0.822. The highest BCUT2D eigenvalue weighted by molar-refractivity contribution is 9.11. The number of hydrogen-bond donors (Lipinski definition) is 3. The number of nitrogens with zero attached hydrogens (tertiary/aromatic N) is 1. The van der Waals surface area contributed by atoms with Gasteiger partial charge in [0.15, 0.2) is 5.96 Å². The summed E-state index contributed by atoms with van der Waals surface area (Å²) in [6, 6.07) is 14.1. The molecular weight excluding hydrogens is 374 g/mol. The first-order valence-corrected chi connectivity index (χ1v) is 9.26. The van der Waals surface area contributed by atoms with Crippen LogP contribution in [-0.2, 0) is 6.54 Å². The van der Waals surface area contributed by atoms with Crippen LogP contribution in [0.15, 0.2) is 51.2 Å². The van der Waals surface area contributed by atoms with Crippen LogP contribution in [0.2, 0.25) is 0 Å². The number of hydrogen-bond acceptors (Lipinski definition) is 3. The lowest BCUT2D eigenvalue weighted by molar-refractivity contribution is 0.265. The van der Waals surface area contributed by atoms with Gasteiger partial charge in [0, 0.05) is 23.9 Å². The standard InChI is InChI=1S/C17H22BrN3OS/c1-2-19-17(21-11-15-8-9-16(18)23-15)20-10-14(12-22)13-6-4-3-5-7-13/h3-9,14,22H,2,10-12H2,1H3,(H2,19,20,21). The number of halogens is 1. The summed E-state index contributed by atoms with van der Waals surface area (Å²) in [5.41, 5.74) is 1.13. The van der Waals surface area contributed by atoms with E-state index >= 15 is 0 Å². The van der Waals surface area contributed by atoms with Crippen molar-refractivity contribution in [1.29, 1.82) is 0 Å². The summed E-state index contributed by atoms with van der Waals surface area (Å²) in [4.78, 5) is 5.80. The monoisotopic (exact) mass is 395 g/mol. The maximum absolute atomic E-state index is 9.63. The predicted octanol–water partition coefficient (Wildman–Crippen LogP) is 3.34. The minimum atomic E-state index is 0.0518. The Morgan fingerprint density at radius 3 is 2.61 bits per heavy atom. The van der Waals surface area contributed by atoms with Crippen molar-refractivity contribution >= 4 is 33.2 Å². The summed E-state index contributed by atoms with van der Waals surface area (Å²) in [6.07, 6.45) is 0. The zero-order valence-electron chi connectivity index (χ0n) is 13.1. The van der Waals surface area contributed by atoms with Crippen LogP contribution >= 0.6 is 27.3 Å². The molecule has 0 bridgehead atoms. The minimum absolute atomic E-state index is 0.0518. The van der Waals surface area contributed by atoms with Gasteiger partial charge in [-0.25, -0.2) is 4.99 Å². The van der Waals surface area contributed by atoms with Crippen molar-refractivity contribution in [3.05, 3.63) is 56.7 Å². The molecule has 0 saturated heterocycles. The van der Waals surface area contributed by atoms with Crippen molar-refractivity contribution in [2.75, 3.05) is 19.7 Å². The highest BCUT2D eigenvalue weighted by atomic mass is 79.9. The second-order valence-electron chi connectivity index (χ2n) is 5.07. The molecule has 1 unspecified atom stereocenters. The van der Waals surface area contributed by atoms with Gasteiger partial charge in [0.1, 0.15) is 0 Å². The molecule has 0 aliphatic rings. The van der Waals surface area contributed by atoms with Crippen molar-refractivity contribution in [2.24, 2.45) is 4.99 Å². The van der Waals surface area contributed by atoms with Crippen LogP contribution in [0.1, 0.15) is 23.3 Å². The van der Waals surface area contributed by atoms with Gasteiger partial charge < -0.3 is 15.7 Å². The summed E-state index contributed by atoms with van der Waals surface area (Å²) < 4.78 is 1.12. The van der Waals surface area contributed by atoms with Gasteiger partial charge in [0.2, 0.25) is 0 Å². The van der Waals surface area contributed by atoms with Crippen LogP contribution in [-0.4, -0.2) is 30.8 Å². The first-order chi connectivity index (χ1) is 11.2. The lowest BCUT2D eigenvalue weighted by Crippen LogP contribution is -2.39. The number of thiophene rings is 1. The fourth-order valence-electron chi connectivity index (χ4n) is 2.17. The van der Waals surface area contributed by atoms with E-state index in [1.807, 2.05) is 43.3 Å². The molecule has 0 aliphatic carbocycles. The molecule has 23 heavy (non-hydrogen) atoms. The Morgan fingerprint density at radius 2 is 2.00 bits per heavy atom. The smallest absolute Gasteiger partial charge is 0.191 e. The Bertz CT molecular complexity index is 615. The SMILES string of the molecule is CCNC(=NCc1ccc(Br)s1)NCC(CO)c1ccccc1. The molecule has 1 heterocycles. The summed E-state index contributed by atoms with van der Waals surface area (Å²) in [6.45, 7) is 4.23. The Labute approximate surface area is 149 Å². The molecule has 0 fully saturated rings. The van der Waals surface area contributed by atoms with E-state index in [0.29, 0.717) is 13.1 Å². The van der Waals surface area contributed by atoms with E-state index in [4.69, 9.17) is 0 Å². The van der Waals surface area contributed by atoms with Gasteiger partial charge >= 0.3 is 0 Å². The van der Waals surface area contributed by atoms with Crippen LogP contribution in [0.5, 0.6) is 0 Å². The number of nitrogens with one attached hydrogen (secondary N) is 2. The second-order valence-corrected chi connectivity index (χ2v) is 7.62. The average molecular weight is 396 g/mol. The van der Waals surface area contributed by atoms with Gasteiger partial charge in [-0.3, -0.25) is 0 Å². The van der Waals surface area contributed by atoms with Gasteiger partial charge in [-0.1, -0.05) is 30.3 Å². The van der Waals surface area contributed by atoms with Crippen LogP contribution < -0.4 is 10.6 Å². The summed E-state index contributed by atoms with van der Waals surface area (Å²) in [5, 5.41) is 16.2. The first kappa shape index (κ1) is 18.0. The highest BCUT2D eigenvalue weighted by Gasteiger charge is 2.10. The molecule has 3 N–H and O–H groups in total. The molecule has 0 radical (unpaired) electrons. The van der Waals surface area contributed by atoms with Gasteiger partial charge in [-0.05, 0) is 40.5 Å². The Kier molecular flexibility index (Phi) is 7.58. The topological polar surface area (TPSA) is 56.7 Å². The molecule has 1 aromatic heterocycles. The fraction of sp³-hybridized carbons (Fsp3) is 0.353. The summed E-state index contributed by atoms with van der Waals surface area (Å²) >= 11 is 5.15. The third kappa shape index (κ3) is 5.97. The largest absolute Gasteiger partial charge is 0.396 e. The molecule has 0 spiro atoms. The number of aliphatic hydroxyl groups is 1. The van der Waals surface area contributed by atoms with Crippen LogP contribution in [0.3, 0.4) is 0 Å². The van der Waals surface area contributed by atoms with Gasteiger partial charge in [0.25, 0.3) is 0 Å². The molecular formula is C17H22BrN3OS. The minimum Gasteiger partial charge on any atom is -0.396 e. The molecule has 2 aromatic rings. The van der Waals surface area contributed by atoms with Crippen molar-refractivity contribution < 1.29 is 5.11 Å². The van der Waals surface area contributed by atoms with Crippen LogP contribution in [0.4, 0.5) is 0 Å². The molecule has 1 atom stereocenters. The van der Waals surface area contributed by atoms with Crippen molar-refractivity contribution in [3.63, 3.8) is 0 Å². The Morgan fingerprint density at radius 1 is 1.22 bits per heavy atom. The lowest BCUT2D eigenvalue weighted by atomic mass is 10.0. The number of rotatable bonds is 7. The summed E-state index contributed by atoms with van der Waals surface area (Å²) in [7, 11) is 0. The van der Waals surface area contributed by atoms with E-state index in [-0.39, 0.29) is 12.5 Å². The van der Waals surface area contributed by atoms with Crippen molar-refractivity contribution in [2.45, 2.75) is 19.4 Å². The van der Waals surface area contributed by atoms with Crippen LogP contribution in [0, 0.1) is 0 Å². The number of benzene rings is 1. The van der Waals surface area contributed by atoms with Crippen LogP contribution in [0.25, 0.3) is 0 Å². The zero-order valence-corrected chi connectivity index (χ0v) is 15.5. The van der Waals surface area contributed by atoms with Gasteiger partial charge in [-0.15, -0.1) is 11.3 Å². The average Bonchev–Trinajstić information content (AvgIpc) is 2.99. The molecule has 0 amide bonds. The maximum atomic E-state index is 9.63. The fourth-order valence-corrected chi connectivity index (χ4v) is 3.58. The number of guanidine groups is 1. The quantitative estimate of drug-likeness (QED) is 0.497. The maximum Gasteiger partial charge on any atom is 0.191 e. The Hall–Kier alpha value is -1.37. The first-order valence-electron chi connectivity index (χ1n) is 7.65. The molecule has 0 aliphatic heterocycles. The van der Waals surface area contributed by atoms with E-state index in [9.17, 15) is 5.11 Å². The molecule has 1 aromatic carbocycles. The zero-order chi connectivity index (χ0) is 16.5. The third-order valence-corrected chi connectivity index (χ3v) is 4.98. The van der Waals surface area contributed by atoms with E-state index in [0.717, 1.165) is 21.9 Å². The lowest BCUT2D eigenvalue weighted by Gasteiger charge is -2.18. The van der Waals surface area contributed by atoms with E-state index in [2.05, 4.69) is 37.6 Å². The molecule has 0 saturated carbocycles.